The van der Waals surface area contributed by atoms with Crippen molar-refractivity contribution in [2.24, 2.45) is 0 Å². The highest BCUT2D eigenvalue weighted by Gasteiger charge is 2.05. The maximum atomic E-state index is 5.73. The highest BCUT2D eigenvalue weighted by Crippen LogP contribution is 2.24. The average Bonchev–Trinajstić information content (AvgIpc) is 2.23. The van der Waals surface area contributed by atoms with Crippen LogP contribution >= 0.6 is 15.9 Å². The first-order valence-corrected chi connectivity index (χ1v) is 5.97. The van der Waals surface area contributed by atoms with Gasteiger partial charge in [0.2, 0.25) is 0 Å². The second-order valence-electron chi connectivity index (χ2n) is 3.87. The summed E-state index contributed by atoms with van der Waals surface area (Å²) in [6, 6.07) is 6.08. The van der Waals surface area contributed by atoms with Gasteiger partial charge in [0.1, 0.15) is 18.0 Å². The number of nitrogens with two attached hydrogens (primary N) is 1. The zero-order chi connectivity index (χ0) is 12.4. The van der Waals surface area contributed by atoms with E-state index in [1.807, 2.05) is 32.0 Å². The number of nitrogen functional groups attached to an aromatic ring is 1. The molecule has 2 aromatic rings. The monoisotopic (exact) mass is 292 g/mol. The molecule has 0 saturated heterocycles. The van der Waals surface area contributed by atoms with Gasteiger partial charge in [-0.15, -0.1) is 0 Å². The molecule has 0 radical (unpaired) electrons. The van der Waals surface area contributed by atoms with Gasteiger partial charge in [-0.25, -0.2) is 9.97 Å². The van der Waals surface area contributed by atoms with E-state index >= 15 is 0 Å². The fraction of sp³-hybridized carbons (Fsp3) is 0.167. The third kappa shape index (κ3) is 2.74. The fourth-order valence-corrected chi connectivity index (χ4v) is 2.14. The summed E-state index contributed by atoms with van der Waals surface area (Å²) in [5.41, 5.74) is 8.72. The number of hydrogen-bond donors (Lipinski definition) is 2. The quantitative estimate of drug-likeness (QED) is 0.892. The van der Waals surface area contributed by atoms with Crippen LogP contribution in [0.5, 0.6) is 0 Å². The van der Waals surface area contributed by atoms with Crippen LogP contribution in [0.4, 0.5) is 17.3 Å². The van der Waals surface area contributed by atoms with E-state index in [0.29, 0.717) is 5.82 Å². The zero-order valence-electron chi connectivity index (χ0n) is 9.66. The predicted octanol–water partition coefficient (Wildman–Crippen LogP) is 3.18. The summed E-state index contributed by atoms with van der Waals surface area (Å²) >= 11 is 3.46. The average molecular weight is 293 g/mol. The van der Waals surface area contributed by atoms with Crippen molar-refractivity contribution in [3.8, 4) is 0 Å². The summed E-state index contributed by atoms with van der Waals surface area (Å²) < 4.78 is 1.03. The highest BCUT2D eigenvalue weighted by atomic mass is 79.9. The van der Waals surface area contributed by atoms with Gasteiger partial charge in [0.05, 0.1) is 0 Å². The van der Waals surface area contributed by atoms with Crippen LogP contribution in [0.1, 0.15) is 11.1 Å². The molecular weight excluding hydrogens is 280 g/mol. The molecule has 0 aliphatic carbocycles. The molecule has 0 aliphatic rings. The number of rotatable bonds is 2. The molecule has 0 fully saturated rings. The Morgan fingerprint density at radius 1 is 1.18 bits per heavy atom. The molecule has 5 heteroatoms. The predicted molar refractivity (Wildman–Crippen MR) is 73.3 cm³/mol. The minimum absolute atomic E-state index is 0.495. The fourth-order valence-electron chi connectivity index (χ4n) is 1.54. The molecule has 1 heterocycles. The number of nitrogens with zero attached hydrogens (tertiary/aromatic N) is 2. The van der Waals surface area contributed by atoms with Crippen molar-refractivity contribution >= 4 is 33.3 Å². The van der Waals surface area contributed by atoms with Crippen molar-refractivity contribution in [3.63, 3.8) is 0 Å². The molecule has 88 valence electrons. The van der Waals surface area contributed by atoms with Gasteiger partial charge in [-0.05, 0) is 37.6 Å². The van der Waals surface area contributed by atoms with Crippen molar-refractivity contribution in [3.05, 3.63) is 40.1 Å². The van der Waals surface area contributed by atoms with Crippen molar-refractivity contribution in [1.29, 1.82) is 0 Å². The molecule has 0 spiro atoms. The SMILES string of the molecule is Cc1cc(Br)cc(Nc2ncnc(N)c2C)c1. The van der Waals surface area contributed by atoms with E-state index in [2.05, 4.69) is 31.2 Å². The van der Waals surface area contributed by atoms with E-state index in [1.54, 1.807) is 0 Å². The molecule has 0 saturated carbocycles. The van der Waals surface area contributed by atoms with Crippen LogP contribution in [0.15, 0.2) is 29.0 Å². The molecule has 0 atom stereocenters. The molecule has 4 nitrogen and oxygen atoms in total. The number of halogens is 1. The number of hydrogen-bond acceptors (Lipinski definition) is 4. The van der Waals surface area contributed by atoms with E-state index in [4.69, 9.17) is 5.73 Å². The molecular formula is C12H13BrN4. The first-order valence-electron chi connectivity index (χ1n) is 5.17. The first kappa shape index (κ1) is 11.9. The van der Waals surface area contributed by atoms with Crippen molar-refractivity contribution < 1.29 is 0 Å². The van der Waals surface area contributed by atoms with Gasteiger partial charge in [-0.1, -0.05) is 15.9 Å². The Labute approximate surface area is 108 Å². The van der Waals surface area contributed by atoms with Crippen molar-refractivity contribution in [1.82, 2.24) is 9.97 Å². The Morgan fingerprint density at radius 2 is 1.94 bits per heavy atom. The number of benzene rings is 1. The van der Waals surface area contributed by atoms with Crippen LogP contribution in [-0.4, -0.2) is 9.97 Å². The largest absolute Gasteiger partial charge is 0.383 e. The number of nitrogens with one attached hydrogen (secondary N) is 1. The van der Waals surface area contributed by atoms with Crippen LogP contribution in [0.2, 0.25) is 0 Å². The van der Waals surface area contributed by atoms with Gasteiger partial charge in [-0.2, -0.15) is 0 Å². The Balaban J connectivity index is 2.34. The minimum Gasteiger partial charge on any atom is -0.383 e. The van der Waals surface area contributed by atoms with Gasteiger partial charge < -0.3 is 11.1 Å². The summed E-state index contributed by atoms with van der Waals surface area (Å²) in [6.45, 7) is 3.93. The summed E-state index contributed by atoms with van der Waals surface area (Å²) in [7, 11) is 0. The van der Waals surface area contributed by atoms with E-state index in [-0.39, 0.29) is 0 Å². The highest BCUT2D eigenvalue weighted by molar-refractivity contribution is 9.10. The van der Waals surface area contributed by atoms with Gasteiger partial charge in [0.25, 0.3) is 0 Å². The molecule has 0 aliphatic heterocycles. The lowest BCUT2D eigenvalue weighted by Crippen LogP contribution is -2.02. The van der Waals surface area contributed by atoms with Crippen LogP contribution in [0.25, 0.3) is 0 Å². The third-order valence-electron chi connectivity index (χ3n) is 2.43. The van der Waals surface area contributed by atoms with Gasteiger partial charge in [0, 0.05) is 15.7 Å². The van der Waals surface area contributed by atoms with Crippen LogP contribution in [0.3, 0.4) is 0 Å². The third-order valence-corrected chi connectivity index (χ3v) is 2.89. The molecule has 0 amide bonds. The van der Waals surface area contributed by atoms with E-state index < -0.39 is 0 Å². The maximum absolute atomic E-state index is 5.73. The minimum atomic E-state index is 0.495. The van der Waals surface area contributed by atoms with Crippen LogP contribution < -0.4 is 11.1 Å². The van der Waals surface area contributed by atoms with Crippen LogP contribution in [-0.2, 0) is 0 Å². The lowest BCUT2D eigenvalue weighted by atomic mass is 10.2. The number of aromatic nitrogens is 2. The second-order valence-corrected chi connectivity index (χ2v) is 4.79. The van der Waals surface area contributed by atoms with E-state index in [1.165, 1.54) is 11.9 Å². The maximum Gasteiger partial charge on any atom is 0.138 e. The Morgan fingerprint density at radius 3 is 2.65 bits per heavy atom. The summed E-state index contributed by atoms with van der Waals surface area (Å²) in [5.74, 6) is 1.23. The standard InChI is InChI=1S/C12H13BrN4/c1-7-3-9(13)5-10(4-7)17-12-8(2)11(14)15-6-16-12/h3-6H,1-2H3,(H3,14,15,16,17). The number of anilines is 3. The van der Waals surface area contributed by atoms with E-state index in [9.17, 15) is 0 Å². The van der Waals surface area contributed by atoms with Gasteiger partial charge in [-0.3, -0.25) is 0 Å². The van der Waals surface area contributed by atoms with Crippen molar-refractivity contribution in [2.45, 2.75) is 13.8 Å². The molecule has 0 bridgehead atoms. The Kier molecular flexibility index (Phi) is 3.28. The van der Waals surface area contributed by atoms with Gasteiger partial charge in [0.15, 0.2) is 0 Å². The molecule has 17 heavy (non-hydrogen) atoms. The molecule has 2 rings (SSSR count). The second kappa shape index (κ2) is 4.71. The van der Waals surface area contributed by atoms with Crippen molar-refractivity contribution in [2.75, 3.05) is 11.1 Å². The lowest BCUT2D eigenvalue weighted by molar-refractivity contribution is 1.14. The molecule has 1 aromatic carbocycles. The topological polar surface area (TPSA) is 63.8 Å². The van der Waals surface area contributed by atoms with E-state index in [0.717, 1.165) is 21.5 Å². The molecule has 3 N–H and O–H groups in total. The summed E-state index contributed by atoms with van der Waals surface area (Å²) in [6.07, 6.45) is 1.45. The summed E-state index contributed by atoms with van der Waals surface area (Å²) in [5, 5.41) is 3.23. The summed E-state index contributed by atoms with van der Waals surface area (Å²) in [4.78, 5) is 8.11. The lowest BCUT2D eigenvalue weighted by Gasteiger charge is -2.10. The first-order chi connectivity index (χ1) is 8.06. The zero-order valence-corrected chi connectivity index (χ0v) is 11.2. The normalized spacial score (nSPS) is 10.3. The van der Waals surface area contributed by atoms with Crippen LogP contribution in [0, 0.1) is 13.8 Å². The van der Waals surface area contributed by atoms with Gasteiger partial charge >= 0.3 is 0 Å². The molecule has 0 unspecified atom stereocenters. The number of aryl methyl sites for hydroxylation is 1. The Bertz CT molecular complexity index is 534. The smallest absolute Gasteiger partial charge is 0.138 e. The Hall–Kier alpha value is -1.62. The molecule has 1 aromatic heterocycles.